The van der Waals surface area contributed by atoms with Crippen LogP contribution in [-0.4, -0.2) is 6.61 Å². The molecule has 1 N–H and O–H groups in total. The maximum Gasteiger partial charge on any atom is 0.127 e. The van der Waals surface area contributed by atoms with Crippen molar-refractivity contribution in [2.75, 3.05) is 6.61 Å². The molecule has 0 fully saturated rings. The van der Waals surface area contributed by atoms with E-state index < -0.39 is 0 Å². The highest BCUT2D eigenvalue weighted by molar-refractivity contribution is 9.10. The third-order valence-electron chi connectivity index (χ3n) is 3.80. The molecule has 0 aliphatic carbocycles. The lowest BCUT2D eigenvalue weighted by atomic mass is 10.1. The summed E-state index contributed by atoms with van der Waals surface area (Å²) in [7, 11) is 0. The van der Waals surface area contributed by atoms with Gasteiger partial charge in [-0.3, -0.25) is 0 Å². The molecule has 2 nitrogen and oxygen atoms in total. The first-order valence-electron chi connectivity index (χ1n) is 7.07. The minimum atomic E-state index is -0.173. The van der Waals surface area contributed by atoms with E-state index in [-0.39, 0.29) is 11.9 Å². The second-order valence-electron chi connectivity index (χ2n) is 5.28. The Labute approximate surface area is 132 Å². The van der Waals surface area contributed by atoms with Crippen molar-refractivity contribution in [3.63, 3.8) is 0 Å². The normalized spacial score (nSPS) is 14.6. The smallest absolute Gasteiger partial charge is 0.127 e. The Kier molecular flexibility index (Phi) is 4.27. The number of hydrogen-bond acceptors (Lipinski definition) is 2. The Morgan fingerprint density at radius 1 is 1.33 bits per heavy atom. The zero-order valence-electron chi connectivity index (χ0n) is 11.8. The van der Waals surface area contributed by atoms with E-state index in [0.29, 0.717) is 12.1 Å². The molecule has 1 unspecified atom stereocenters. The molecule has 0 bridgehead atoms. The monoisotopic (exact) mass is 349 g/mol. The molecule has 4 heteroatoms. The molecule has 0 radical (unpaired) electrons. The first kappa shape index (κ1) is 14.5. The molecule has 0 spiro atoms. The molecule has 1 heterocycles. The maximum atomic E-state index is 13.8. The number of hydrogen-bond donors (Lipinski definition) is 1. The largest absolute Gasteiger partial charge is 0.493 e. The standard InChI is InChI=1S/C17H17BrFNO/c1-11(15-4-2-3-5-16(15)19)20-10-13-9-14(18)8-12-6-7-21-17(12)13/h2-5,8-9,11,20H,6-7,10H2,1H3. The van der Waals surface area contributed by atoms with Crippen LogP contribution in [0, 0.1) is 5.82 Å². The molecule has 0 saturated carbocycles. The first-order valence-corrected chi connectivity index (χ1v) is 7.86. The van der Waals surface area contributed by atoms with Gasteiger partial charge in [-0.1, -0.05) is 34.1 Å². The highest BCUT2D eigenvalue weighted by Gasteiger charge is 2.18. The number of rotatable bonds is 4. The summed E-state index contributed by atoms with van der Waals surface area (Å²) < 4.78 is 20.5. The van der Waals surface area contributed by atoms with Crippen molar-refractivity contribution < 1.29 is 9.13 Å². The molecule has 0 amide bonds. The number of ether oxygens (including phenoxy) is 1. The van der Waals surface area contributed by atoms with Gasteiger partial charge in [0.2, 0.25) is 0 Å². The van der Waals surface area contributed by atoms with Crippen LogP contribution in [0.5, 0.6) is 5.75 Å². The second kappa shape index (κ2) is 6.16. The van der Waals surface area contributed by atoms with Gasteiger partial charge >= 0.3 is 0 Å². The summed E-state index contributed by atoms with van der Waals surface area (Å²) in [6, 6.07) is 11.0. The summed E-state index contributed by atoms with van der Waals surface area (Å²) >= 11 is 3.54. The number of fused-ring (bicyclic) bond motifs is 1. The molecular formula is C17H17BrFNO. The number of halogens is 2. The lowest BCUT2D eigenvalue weighted by molar-refractivity contribution is 0.351. The lowest BCUT2D eigenvalue weighted by Crippen LogP contribution is -2.19. The Hall–Kier alpha value is -1.39. The van der Waals surface area contributed by atoms with E-state index in [1.54, 1.807) is 6.07 Å². The average Bonchev–Trinajstić information content (AvgIpc) is 2.93. The highest BCUT2D eigenvalue weighted by Crippen LogP contribution is 2.33. The van der Waals surface area contributed by atoms with Gasteiger partial charge in [-0.2, -0.15) is 0 Å². The van der Waals surface area contributed by atoms with E-state index in [2.05, 4.69) is 33.4 Å². The quantitative estimate of drug-likeness (QED) is 0.884. The Morgan fingerprint density at radius 2 is 2.14 bits per heavy atom. The van der Waals surface area contributed by atoms with Gasteiger partial charge in [0, 0.05) is 34.6 Å². The molecule has 1 atom stereocenters. The van der Waals surface area contributed by atoms with Crippen LogP contribution in [0.4, 0.5) is 4.39 Å². The Bertz CT molecular complexity index is 659. The topological polar surface area (TPSA) is 21.3 Å². The summed E-state index contributed by atoms with van der Waals surface area (Å²) in [5.74, 6) is 0.805. The summed E-state index contributed by atoms with van der Waals surface area (Å²) in [5, 5.41) is 3.37. The molecule has 1 aliphatic rings. The molecule has 21 heavy (non-hydrogen) atoms. The fraction of sp³-hybridized carbons (Fsp3) is 0.294. The fourth-order valence-electron chi connectivity index (χ4n) is 2.68. The third kappa shape index (κ3) is 3.11. The van der Waals surface area contributed by atoms with Crippen molar-refractivity contribution in [2.45, 2.75) is 25.9 Å². The lowest BCUT2D eigenvalue weighted by Gasteiger charge is -2.16. The maximum absolute atomic E-state index is 13.8. The van der Waals surface area contributed by atoms with Gasteiger partial charge in [0.25, 0.3) is 0 Å². The number of benzene rings is 2. The van der Waals surface area contributed by atoms with Crippen LogP contribution in [0.3, 0.4) is 0 Å². The number of nitrogens with one attached hydrogen (secondary N) is 1. The van der Waals surface area contributed by atoms with Gasteiger partial charge in [-0.15, -0.1) is 0 Å². The molecular weight excluding hydrogens is 333 g/mol. The van der Waals surface area contributed by atoms with Gasteiger partial charge in [0.15, 0.2) is 0 Å². The molecule has 110 valence electrons. The van der Waals surface area contributed by atoms with Gasteiger partial charge in [-0.25, -0.2) is 4.39 Å². The van der Waals surface area contributed by atoms with Crippen LogP contribution < -0.4 is 10.1 Å². The Morgan fingerprint density at radius 3 is 2.95 bits per heavy atom. The van der Waals surface area contributed by atoms with Crippen LogP contribution in [-0.2, 0) is 13.0 Å². The molecule has 3 rings (SSSR count). The summed E-state index contributed by atoms with van der Waals surface area (Å²) in [5.41, 5.74) is 3.03. The van der Waals surface area contributed by atoms with Crippen molar-refractivity contribution in [2.24, 2.45) is 0 Å². The van der Waals surface area contributed by atoms with Crippen molar-refractivity contribution in [1.82, 2.24) is 5.32 Å². The van der Waals surface area contributed by atoms with Crippen molar-refractivity contribution >= 4 is 15.9 Å². The minimum Gasteiger partial charge on any atom is -0.493 e. The molecule has 2 aromatic rings. The third-order valence-corrected chi connectivity index (χ3v) is 4.25. The van der Waals surface area contributed by atoms with Gasteiger partial charge in [-0.05, 0) is 30.7 Å². The summed E-state index contributed by atoms with van der Waals surface area (Å²) in [6.45, 7) is 3.36. The van der Waals surface area contributed by atoms with Gasteiger partial charge in [0.1, 0.15) is 11.6 Å². The summed E-state index contributed by atoms with van der Waals surface area (Å²) in [4.78, 5) is 0. The average molecular weight is 350 g/mol. The predicted molar refractivity (Wildman–Crippen MR) is 85.0 cm³/mol. The fourth-order valence-corrected chi connectivity index (χ4v) is 3.23. The van der Waals surface area contributed by atoms with E-state index in [9.17, 15) is 4.39 Å². The first-order chi connectivity index (χ1) is 10.1. The highest BCUT2D eigenvalue weighted by atomic mass is 79.9. The van der Waals surface area contributed by atoms with E-state index in [1.165, 1.54) is 11.6 Å². The van der Waals surface area contributed by atoms with Gasteiger partial charge in [0.05, 0.1) is 6.61 Å². The molecule has 2 aromatic carbocycles. The van der Waals surface area contributed by atoms with Crippen molar-refractivity contribution in [3.05, 3.63) is 63.4 Å². The van der Waals surface area contributed by atoms with Crippen LogP contribution in [0.1, 0.15) is 29.7 Å². The van der Waals surface area contributed by atoms with Gasteiger partial charge < -0.3 is 10.1 Å². The van der Waals surface area contributed by atoms with Crippen LogP contribution >= 0.6 is 15.9 Å². The molecule has 1 aliphatic heterocycles. The van der Waals surface area contributed by atoms with E-state index in [1.807, 2.05) is 19.1 Å². The van der Waals surface area contributed by atoms with Crippen molar-refractivity contribution in [3.8, 4) is 5.75 Å². The second-order valence-corrected chi connectivity index (χ2v) is 6.19. The molecule has 0 aromatic heterocycles. The SMILES string of the molecule is CC(NCc1cc(Br)cc2c1OCC2)c1ccccc1F. The molecule has 0 saturated heterocycles. The summed E-state index contributed by atoms with van der Waals surface area (Å²) in [6.07, 6.45) is 0.949. The van der Waals surface area contributed by atoms with Crippen LogP contribution in [0.15, 0.2) is 40.9 Å². The van der Waals surface area contributed by atoms with E-state index in [4.69, 9.17) is 4.74 Å². The van der Waals surface area contributed by atoms with Crippen LogP contribution in [0.25, 0.3) is 0 Å². The minimum absolute atomic E-state index is 0.0535. The zero-order chi connectivity index (χ0) is 14.8. The zero-order valence-corrected chi connectivity index (χ0v) is 13.4. The van der Waals surface area contributed by atoms with Crippen LogP contribution in [0.2, 0.25) is 0 Å². The van der Waals surface area contributed by atoms with E-state index in [0.717, 1.165) is 28.8 Å². The van der Waals surface area contributed by atoms with E-state index >= 15 is 0 Å². The van der Waals surface area contributed by atoms with Crippen molar-refractivity contribution in [1.29, 1.82) is 0 Å². The Balaban J connectivity index is 1.75. The predicted octanol–water partition coefficient (Wildman–Crippen LogP) is 4.37.